The van der Waals surface area contributed by atoms with E-state index >= 15 is 0 Å². The molecule has 0 aliphatic heterocycles. The zero-order chi connectivity index (χ0) is 15.8. The molecule has 0 bridgehead atoms. The van der Waals surface area contributed by atoms with Gasteiger partial charge < -0.3 is 0 Å². The minimum atomic E-state index is -0.969. The van der Waals surface area contributed by atoms with Crippen molar-refractivity contribution in [2.24, 2.45) is 0 Å². The zero-order valence-corrected chi connectivity index (χ0v) is 14.7. The average Bonchev–Trinajstić information content (AvgIpc) is 2.56. The number of nitrogens with zero attached hydrogens (tertiary/aromatic N) is 1. The van der Waals surface area contributed by atoms with E-state index in [1.54, 1.807) is 12.0 Å². The third kappa shape index (κ3) is 4.81. The molecule has 0 heterocycles. The number of ether oxygens (including phenoxy) is 1. The SMILES string of the molecule is C#CCN(Cc1ccccc1)C(=O)[Te]c1ccc(OC)cc1. The van der Waals surface area contributed by atoms with Crippen molar-refractivity contribution in [3.05, 3.63) is 60.2 Å². The molecule has 22 heavy (non-hydrogen) atoms. The molecule has 0 fully saturated rings. The predicted octanol–water partition coefficient (Wildman–Crippen LogP) is 2.28. The first kappa shape index (κ1) is 16.4. The van der Waals surface area contributed by atoms with Crippen molar-refractivity contribution in [2.45, 2.75) is 6.54 Å². The fourth-order valence-electron chi connectivity index (χ4n) is 1.91. The maximum absolute atomic E-state index is 12.5. The van der Waals surface area contributed by atoms with Gasteiger partial charge in [0.2, 0.25) is 0 Å². The Morgan fingerprint density at radius 3 is 2.45 bits per heavy atom. The van der Waals surface area contributed by atoms with Crippen LogP contribution in [0.25, 0.3) is 0 Å². The molecule has 0 saturated heterocycles. The van der Waals surface area contributed by atoms with E-state index in [0.29, 0.717) is 13.1 Å². The van der Waals surface area contributed by atoms with Gasteiger partial charge in [-0.1, -0.05) is 0 Å². The van der Waals surface area contributed by atoms with E-state index in [9.17, 15) is 4.79 Å². The van der Waals surface area contributed by atoms with Crippen LogP contribution in [0.4, 0.5) is 4.79 Å². The Bertz CT molecular complexity index is 647. The molecule has 1 amide bonds. The molecule has 112 valence electrons. The first-order valence-corrected chi connectivity index (χ1v) is 9.14. The molecule has 0 radical (unpaired) electrons. The summed E-state index contributed by atoms with van der Waals surface area (Å²) < 4.78 is 6.36. The Labute approximate surface area is 141 Å². The number of rotatable bonds is 6. The summed E-state index contributed by atoms with van der Waals surface area (Å²) in [7, 11) is 1.63. The van der Waals surface area contributed by atoms with Crippen molar-refractivity contribution in [3.63, 3.8) is 0 Å². The summed E-state index contributed by atoms with van der Waals surface area (Å²) >= 11 is -0.969. The first-order valence-electron chi connectivity index (χ1n) is 6.81. The summed E-state index contributed by atoms with van der Waals surface area (Å²) in [5.74, 6) is 3.38. The van der Waals surface area contributed by atoms with Gasteiger partial charge in [-0.3, -0.25) is 0 Å². The van der Waals surface area contributed by atoms with E-state index in [4.69, 9.17) is 11.2 Å². The Hall–Kier alpha value is -1.94. The number of hydrogen-bond donors (Lipinski definition) is 0. The predicted molar refractivity (Wildman–Crippen MR) is 89.5 cm³/mol. The van der Waals surface area contributed by atoms with Gasteiger partial charge in [0, 0.05) is 0 Å². The summed E-state index contributed by atoms with van der Waals surface area (Å²) in [4.78, 5) is 14.3. The van der Waals surface area contributed by atoms with E-state index in [0.717, 1.165) is 14.9 Å². The second-order valence-corrected chi connectivity index (χ2v) is 7.51. The van der Waals surface area contributed by atoms with Gasteiger partial charge in [0.25, 0.3) is 0 Å². The summed E-state index contributed by atoms with van der Waals surface area (Å²) in [6.45, 7) is 0.902. The molecule has 2 aromatic carbocycles. The van der Waals surface area contributed by atoms with E-state index in [1.807, 2.05) is 54.6 Å². The van der Waals surface area contributed by atoms with Crippen LogP contribution in [0.1, 0.15) is 5.56 Å². The van der Waals surface area contributed by atoms with Crippen molar-refractivity contribution in [1.29, 1.82) is 0 Å². The van der Waals surface area contributed by atoms with Crippen LogP contribution in [0.2, 0.25) is 0 Å². The Morgan fingerprint density at radius 2 is 1.86 bits per heavy atom. The molecule has 2 rings (SSSR count). The average molecular weight is 407 g/mol. The number of amides is 1. The first-order chi connectivity index (χ1) is 10.7. The molecular formula is C18H17NO2Te. The van der Waals surface area contributed by atoms with Gasteiger partial charge in [0.1, 0.15) is 0 Å². The number of benzene rings is 2. The number of terminal acetylenes is 1. The second-order valence-electron chi connectivity index (χ2n) is 4.59. The van der Waals surface area contributed by atoms with Crippen LogP contribution in [-0.4, -0.2) is 43.4 Å². The molecule has 0 N–H and O–H groups in total. The molecule has 4 heteroatoms. The third-order valence-corrected chi connectivity index (χ3v) is 5.71. The quantitative estimate of drug-likeness (QED) is 0.544. The Morgan fingerprint density at radius 1 is 1.18 bits per heavy atom. The van der Waals surface area contributed by atoms with Crippen LogP contribution in [0, 0.1) is 12.3 Å². The topological polar surface area (TPSA) is 29.5 Å². The van der Waals surface area contributed by atoms with Crippen LogP contribution >= 0.6 is 0 Å². The van der Waals surface area contributed by atoms with Gasteiger partial charge >= 0.3 is 141 Å². The maximum atomic E-state index is 12.5. The molecule has 0 saturated carbocycles. The van der Waals surface area contributed by atoms with Crippen LogP contribution in [0.5, 0.6) is 5.75 Å². The summed E-state index contributed by atoms with van der Waals surface area (Å²) in [6, 6.07) is 17.6. The number of methoxy groups -OCH3 is 1. The van der Waals surface area contributed by atoms with E-state index in [1.165, 1.54) is 0 Å². The van der Waals surface area contributed by atoms with Crippen LogP contribution in [-0.2, 0) is 6.54 Å². The van der Waals surface area contributed by atoms with Crippen LogP contribution < -0.4 is 8.35 Å². The van der Waals surface area contributed by atoms with E-state index in [-0.39, 0.29) is 3.96 Å². The summed E-state index contributed by atoms with van der Waals surface area (Å²) in [5, 5.41) is 0. The fraction of sp³-hybridized carbons (Fsp3) is 0.167. The van der Waals surface area contributed by atoms with Gasteiger partial charge in [-0.15, -0.1) is 0 Å². The fourth-order valence-corrected chi connectivity index (χ4v) is 4.00. The Kier molecular flexibility index (Phi) is 6.34. The molecule has 0 unspecified atom stereocenters. The standard InChI is InChI=1S/C18H17NO2Te/c1-3-13-19(14-15-7-5-4-6-8-15)18(20)22-17-11-9-16(21-2)10-12-17/h1,4-12H,13-14H2,2H3. The van der Waals surface area contributed by atoms with Gasteiger partial charge in [0.15, 0.2) is 0 Å². The minimum absolute atomic E-state index is 0.150. The van der Waals surface area contributed by atoms with Crippen molar-refractivity contribution in [2.75, 3.05) is 13.7 Å². The van der Waals surface area contributed by atoms with Crippen LogP contribution in [0.3, 0.4) is 0 Å². The number of carbonyl (C=O) groups is 1. The molecule has 0 aliphatic rings. The molecule has 0 aliphatic carbocycles. The Balaban J connectivity index is 2.04. The molecule has 0 atom stereocenters. The number of carbonyl (C=O) groups excluding carboxylic acids is 1. The molecule has 2 aromatic rings. The normalized spacial score (nSPS) is 9.82. The molecule has 0 spiro atoms. The second kappa shape index (κ2) is 8.49. The zero-order valence-electron chi connectivity index (χ0n) is 12.4. The third-order valence-electron chi connectivity index (χ3n) is 3.02. The van der Waals surface area contributed by atoms with Crippen molar-refractivity contribution < 1.29 is 9.53 Å². The van der Waals surface area contributed by atoms with Gasteiger partial charge in [-0.05, 0) is 0 Å². The van der Waals surface area contributed by atoms with Gasteiger partial charge in [0.05, 0.1) is 0 Å². The molecule has 0 aromatic heterocycles. The molecular weight excluding hydrogens is 390 g/mol. The summed E-state index contributed by atoms with van der Waals surface area (Å²) in [5.41, 5.74) is 1.09. The van der Waals surface area contributed by atoms with Gasteiger partial charge in [-0.25, -0.2) is 0 Å². The summed E-state index contributed by atoms with van der Waals surface area (Å²) in [6.07, 6.45) is 5.41. The number of hydrogen-bond acceptors (Lipinski definition) is 2. The monoisotopic (exact) mass is 409 g/mol. The van der Waals surface area contributed by atoms with E-state index < -0.39 is 20.9 Å². The van der Waals surface area contributed by atoms with E-state index in [2.05, 4.69) is 5.92 Å². The van der Waals surface area contributed by atoms with Crippen molar-refractivity contribution in [1.82, 2.24) is 4.90 Å². The van der Waals surface area contributed by atoms with Crippen molar-refractivity contribution in [3.8, 4) is 18.1 Å². The van der Waals surface area contributed by atoms with Crippen molar-refractivity contribution >= 4 is 28.5 Å². The van der Waals surface area contributed by atoms with Gasteiger partial charge in [-0.2, -0.15) is 0 Å². The molecule has 3 nitrogen and oxygen atoms in total. The van der Waals surface area contributed by atoms with Crippen LogP contribution in [0.15, 0.2) is 54.6 Å².